The SMILES string of the molecule is CN(C)c1ccnc(N2CCN(c3ncnc4c3CCCC4)CC2)n1. The molecule has 0 radical (unpaired) electrons. The molecule has 1 aliphatic carbocycles. The van der Waals surface area contributed by atoms with Gasteiger partial charge in [0.2, 0.25) is 5.95 Å². The largest absolute Gasteiger partial charge is 0.363 e. The van der Waals surface area contributed by atoms with Crippen molar-refractivity contribution in [2.24, 2.45) is 0 Å². The highest BCUT2D eigenvalue weighted by atomic mass is 15.3. The van der Waals surface area contributed by atoms with E-state index in [-0.39, 0.29) is 0 Å². The molecule has 132 valence electrons. The Hall–Kier alpha value is -2.44. The molecule has 0 atom stereocenters. The van der Waals surface area contributed by atoms with Crippen LogP contribution in [-0.4, -0.2) is 60.2 Å². The average Bonchev–Trinajstić information content (AvgIpc) is 2.68. The fourth-order valence-corrected chi connectivity index (χ4v) is 3.64. The van der Waals surface area contributed by atoms with Crippen LogP contribution in [0.3, 0.4) is 0 Å². The molecule has 0 aromatic carbocycles. The predicted molar refractivity (Wildman–Crippen MR) is 99.5 cm³/mol. The van der Waals surface area contributed by atoms with Gasteiger partial charge in [0.1, 0.15) is 18.0 Å². The van der Waals surface area contributed by atoms with E-state index in [4.69, 9.17) is 0 Å². The zero-order valence-corrected chi connectivity index (χ0v) is 15.0. The minimum Gasteiger partial charge on any atom is -0.363 e. The lowest BCUT2D eigenvalue weighted by atomic mass is 9.96. The van der Waals surface area contributed by atoms with E-state index in [0.717, 1.165) is 56.6 Å². The Morgan fingerprint density at radius 3 is 2.48 bits per heavy atom. The zero-order chi connectivity index (χ0) is 17.2. The molecule has 0 N–H and O–H groups in total. The molecule has 1 fully saturated rings. The lowest BCUT2D eigenvalue weighted by molar-refractivity contribution is 0.615. The van der Waals surface area contributed by atoms with Gasteiger partial charge in [0.15, 0.2) is 0 Å². The highest BCUT2D eigenvalue weighted by Crippen LogP contribution is 2.28. The molecule has 2 aromatic rings. The predicted octanol–water partition coefficient (Wildman–Crippen LogP) is 1.54. The minimum atomic E-state index is 0.815. The quantitative estimate of drug-likeness (QED) is 0.840. The van der Waals surface area contributed by atoms with Crippen molar-refractivity contribution in [2.75, 3.05) is 55.0 Å². The van der Waals surface area contributed by atoms with E-state index in [9.17, 15) is 0 Å². The first kappa shape index (κ1) is 16.1. The Labute approximate surface area is 148 Å². The molecule has 25 heavy (non-hydrogen) atoms. The van der Waals surface area contributed by atoms with Gasteiger partial charge in [-0.15, -0.1) is 0 Å². The van der Waals surface area contributed by atoms with Gasteiger partial charge in [-0.1, -0.05) is 0 Å². The van der Waals surface area contributed by atoms with E-state index in [1.54, 1.807) is 6.33 Å². The van der Waals surface area contributed by atoms with E-state index < -0.39 is 0 Å². The number of aryl methyl sites for hydroxylation is 1. The van der Waals surface area contributed by atoms with Crippen LogP contribution in [0.1, 0.15) is 24.1 Å². The van der Waals surface area contributed by atoms with Crippen molar-refractivity contribution in [3.05, 3.63) is 29.8 Å². The second-order valence-corrected chi connectivity index (χ2v) is 6.91. The van der Waals surface area contributed by atoms with Gasteiger partial charge in [0.05, 0.1) is 0 Å². The molecule has 2 aromatic heterocycles. The van der Waals surface area contributed by atoms with Crippen molar-refractivity contribution < 1.29 is 0 Å². The maximum absolute atomic E-state index is 4.66. The van der Waals surface area contributed by atoms with E-state index in [2.05, 4.69) is 29.7 Å². The lowest BCUT2D eigenvalue weighted by Crippen LogP contribution is -2.48. The standard InChI is InChI=1S/C18H25N7/c1-23(2)16-7-8-19-18(22-16)25-11-9-24(10-12-25)17-14-5-3-4-6-15(14)20-13-21-17/h7-8,13H,3-6,9-12H2,1-2H3. The summed E-state index contributed by atoms with van der Waals surface area (Å²) in [6, 6.07) is 1.94. The van der Waals surface area contributed by atoms with Crippen molar-refractivity contribution in [1.29, 1.82) is 0 Å². The Morgan fingerprint density at radius 2 is 1.68 bits per heavy atom. The van der Waals surface area contributed by atoms with Crippen molar-refractivity contribution in [1.82, 2.24) is 19.9 Å². The van der Waals surface area contributed by atoms with E-state index in [1.165, 1.54) is 24.1 Å². The normalized spacial score (nSPS) is 17.4. The fraction of sp³-hybridized carbons (Fsp3) is 0.556. The van der Waals surface area contributed by atoms with Gasteiger partial charge in [-0.25, -0.2) is 15.0 Å². The molecule has 7 nitrogen and oxygen atoms in total. The van der Waals surface area contributed by atoms with Crippen molar-refractivity contribution >= 4 is 17.6 Å². The molecule has 0 saturated carbocycles. The maximum Gasteiger partial charge on any atom is 0.227 e. The maximum atomic E-state index is 4.66. The molecule has 4 rings (SSSR count). The third-order valence-corrected chi connectivity index (χ3v) is 5.05. The van der Waals surface area contributed by atoms with Crippen molar-refractivity contribution in [3.8, 4) is 0 Å². The van der Waals surface area contributed by atoms with Crippen LogP contribution >= 0.6 is 0 Å². The second-order valence-electron chi connectivity index (χ2n) is 6.91. The van der Waals surface area contributed by atoms with Gasteiger partial charge in [0, 0.05) is 57.7 Å². The van der Waals surface area contributed by atoms with Gasteiger partial charge in [0.25, 0.3) is 0 Å². The van der Waals surface area contributed by atoms with Gasteiger partial charge < -0.3 is 14.7 Å². The van der Waals surface area contributed by atoms with E-state index in [0.29, 0.717) is 0 Å². The van der Waals surface area contributed by atoms with E-state index in [1.807, 2.05) is 31.3 Å². The Bertz CT molecular complexity index is 738. The Balaban J connectivity index is 1.48. The van der Waals surface area contributed by atoms with Crippen LogP contribution in [0.4, 0.5) is 17.6 Å². The number of piperazine rings is 1. The molecule has 1 saturated heterocycles. The first-order chi connectivity index (χ1) is 12.2. The summed E-state index contributed by atoms with van der Waals surface area (Å²) in [5.74, 6) is 2.90. The summed E-state index contributed by atoms with van der Waals surface area (Å²) in [5.41, 5.74) is 2.62. The molecule has 2 aliphatic rings. The fourth-order valence-electron chi connectivity index (χ4n) is 3.64. The third-order valence-electron chi connectivity index (χ3n) is 5.05. The molecular weight excluding hydrogens is 314 g/mol. The molecule has 0 amide bonds. The first-order valence-corrected chi connectivity index (χ1v) is 9.05. The summed E-state index contributed by atoms with van der Waals surface area (Å²) in [6.45, 7) is 3.71. The summed E-state index contributed by atoms with van der Waals surface area (Å²) in [4.78, 5) is 24.9. The number of fused-ring (bicyclic) bond motifs is 1. The highest BCUT2D eigenvalue weighted by molar-refractivity contribution is 5.51. The first-order valence-electron chi connectivity index (χ1n) is 9.05. The summed E-state index contributed by atoms with van der Waals surface area (Å²) >= 11 is 0. The number of aromatic nitrogens is 4. The van der Waals surface area contributed by atoms with Crippen LogP contribution in [0.15, 0.2) is 18.6 Å². The number of nitrogens with zero attached hydrogens (tertiary/aromatic N) is 7. The van der Waals surface area contributed by atoms with Crippen LogP contribution in [0.2, 0.25) is 0 Å². The molecule has 0 unspecified atom stereocenters. The van der Waals surface area contributed by atoms with Crippen LogP contribution < -0.4 is 14.7 Å². The Kier molecular flexibility index (Phi) is 4.38. The second kappa shape index (κ2) is 6.82. The highest BCUT2D eigenvalue weighted by Gasteiger charge is 2.24. The van der Waals surface area contributed by atoms with Crippen LogP contribution in [0.5, 0.6) is 0 Å². The van der Waals surface area contributed by atoms with Gasteiger partial charge in [-0.3, -0.25) is 0 Å². The number of anilines is 3. The topological polar surface area (TPSA) is 61.3 Å². The molecule has 3 heterocycles. The van der Waals surface area contributed by atoms with Crippen molar-refractivity contribution in [3.63, 3.8) is 0 Å². The Morgan fingerprint density at radius 1 is 0.920 bits per heavy atom. The number of rotatable bonds is 3. The van der Waals surface area contributed by atoms with Gasteiger partial charge in [-0.2, -0.15) is 4.98 Å². The van der Waals surface area contributed by atoms with Crippen LogP contribution in [0, 0.1) is 0 Å². The molecule has 0 bridgehead atoms. The zero-order valence-electron chi connectivity index (χ0n) is 15.0. The molecular formula is C18H25N7. The molecule has 7 heteroatoms. The monoisotopic (exact) mass is 339 g/mol. The molecule has 1 aliphatic heterocycles. The number of hydrogen-bond acceptors (Lipinski definition) is 7. The third kappa shape index (κ3) is 3.23. The average molecular weight is 339 g/mol. The van der Waals surface area contributed by atoms with Crippen LogP contribution in [-0.2, 0) is 12.8 Å². The summed E-state index contributed by atoms with van der Waals surface area (Å²) < 4.78 is 0. The number of hydrogen-bond donors (Lipinski definition) is 0. The lowest BCUT2D eigenvalue weighted by Gasteiger charge is -2.36. The summed E-state index contributed by atoms with van der Waals surface area (Å²) in [6.07, 6.45) is 8.27. The van der Waals surface area contributed by atoms with Gasteiger partial charge >= 0.3 is 0 Å². The summed E-state index contributed by atoms with van der Waals surface area (Å²) in [7, 11) is 4.00. The van der Waals surface area contributed by atoms with E-state index >= 15 is 0 Å². The van der Waals surface area contributed by atoms with Crippen LogP contribution in [0.25, 0.3) is 0 Å². The van der Waals surface area contributed by atoms with Gasteiger partial charge in [-0.05, 0) is 31.7 Å². The smallest absolute Gasteiger partial charge is 0.227 e. The summed E-state index contributed by atoms with van der Waals surface area (Å²) in [5, 5.41) is 0. The molecule has 0 spiro atoms. The minimum absolute atomic E-state index is 0.815. The van der Waals surface area contributed by atoms with Crippen molar-refractivity contribution in [2.45, 2.75) is 25.7 Å².